The minimum absolute atomic E-state index is 0.00812. The van der Waals surface area contributed by atoms with Crippen LogP contribution in [0.15, 0.2) is 47.2 Å². The molecule has 0 unspecified atom stereocenters. The van der Waals surface area contributed by atoms with Gasteiger partial charge >= 0.3 is 18.1 Å². The smallest absolute Gasteiger partial charge is 0.490 e. The number of rotatable bonds is 3. The first-order valence-corrected chi connectivity index (χ1v) is 10.7. The van der Waals surface area contributed by atoms with Gasteiger partial charge in [0, 0.05) is 17.9 Å². The van der Waals surface area contributed by atoms with E-state index < -0.39 is 30.1 Å². The van der Waals surface area contributed by atoms with Crippen LogP contribution >= 0.6 is 11.8 Å². The fourth-order valence-electron chi connectivity index (χ4n) is 3.53. The summed E-state index contributed by atoms with van der Waals surface area (Å²) in [5, 5.41) is 26.3. The van der Waals surface area contributed by atoms with Crippen molar-refractivity contribution in [2.24, 2.45) is 5.73 Å². The summed E-state index contributed by atoms with van der Waals surface area (Å²) in [6.45, 7) is 0.390. The lowest BCUT2D eigenvalue weighted by molar-refractivity contribution is -0.192. The number of benzene rings is 1. The Kier molecular flexibility index (Phi) is 6.93. The average molecular weight is 501 g/mol. The van der Waals surface area contributed by atoms with Gasteiger partial charge in [0.25, 0.3) is 5.91 Å². The largest absolute Gasteiger partial charge is 0.506 e. The zero-order chi connectivity index (χ0) is 25.4. The van der Waals surface area contributed by atoms with Gasteiger partial charge in [-0.3, -0.25) is 14.5 Å². The highest BCUT2D eigenvalue weighted by Crippen LogP contribution is 2.41. The van der Waals surface area contributed by atoms with Crippen LogP contribution in [0.3, 0.4) is 0 Å². The summed E-state index contributed by atoms with van der Waals surface area (Å²) in [7, 11) is 0. The van der Waals surface area contributed by atoms with Crippen molar-refractivity contribution in [1.82, 2.24) is 4.90 Å². The molecule has 3 aliphatic rings. The average Bonchev–Trinajstić information content (AvgIpc) is 3.12. The number of phenolic OH excluding ortho intramolecular Hbond substituents is 1. The van der Waals surface area contributed by atoms with E-state index in [0.29, 0.717) is 35.6 Å². The lowest BCUT2D eigenvalue weighted by Gasteiger charge is -2.47. The summed E-state index contributed by atoms with van der Waals surface area (Å²) in [4.78, 5) is 48.0. The predicted octanol–water partition coefficient (Wildman–Crippen LogP) is 1.27. The molecule has 14 heteroatoms. The van der Waals surface area contributed by atoms with Crippen LogP contribution in [0.2, 0.25) is 0 Å². The number of nitrogens with zero attached hydrogens (tertiary/aromatic N) is 2. The van der Waals surface area contributed by atoms with Crippen molar-refractivity contribution in [2.45, 2.75) is 24.0 Å². The van der Waals surface area contributed by atoms with Gasteiger partial charge in [-0.25, -0.2) is 9.59 Å². The number of alkyl halides is 3. The number of allylic oxidation sites excluding steroid dienone is 1. The molecule has 3 aliphatic heterocycles. The van der Waals surface area contributed by atoms with Crippen molar-refractivity contribution in [3.05, 3.63) is 47.2 Å². The van der Waals surface area contributed by atoms with Crippen LogP contribution in [0.1, 0.15) is 6.42 Å². The van der Waals surface area contributed by atoms with E-state index in [1.807, 2.05) is 0 Å². The van der Waals surface area contributed by atoms with Crippen molar-refractivity contribution in [1.29, 1.82) is 0 Å². The molecule has 34 heavy (non-hydrogen) atoms. The molecule has 0 aliphatic carbocycles. The summed E-state index contributed by atoms with van der Waals surface area (Å²) in [6, 6.07) is 5.87. The monoisotopic (exact) mass is 501 g/mol. The third-order valence-corrected chi connectivity index (χ3v) is 6.45. The Labute approximate surface area is 194 Å². The minimum atomic E-state index is -5.08. The molecule has 0 spiro atoms. The number of phenols is 1. The van der Waals surface area contributed by atoms with Crippen molar-refractivity contribution < 1.29 is 47.7 Å². The van der Waals surface area contributed by atoms with Crippen molar-refractivity contribution in [2.75, 3.05) is 17.2 Å². The number of thioether (sulfide) groups is 1. The Bertz CT molecular complexity index is 1120. The molecule has 1 aromatic rings. The Morgan fingerprint density at radius 1 is 1.18 bits per heavy atom. The molecule has 0 saturated carbocycles. The first-order valence-electron chi connectivity index (χ1n) is 9.61. The van der Waals surface area contributed by atoms with E-state index in [9.17, 15) is 37.8 Å². The lowest BCUT2D eigenvalue weighted by atomic mass is 10.0. The zero-order valence-corrected chi connectivity index (χ0v) is 18.0. The van der Waals surface area contributed by atoms with E-state index in [1.54, 1.807) is 24.3 Å². The molecular weight excluding hydrogens is 483 g/mol. The molecule has 0 aromatic heterocycles. The van der Waals surface area contributed by atoms with E-state index in [-0.39, 0.29) is 22.7 Å². The van der Waals surface area contributed by atoms with Crippen molar-refractivity contribution in [3.63, 3.8) is 0 Å². The second-order valence-electron chi connectivity index (χ2n) is 7.28. The third-order valence-electron chi connectivity index (χ3n) is 5.13. The molecule has 2 amide bonds. The van der Waals surface area contributed by atoms with Crippen LogP contribution in [0.25, 0.3) is 0 Å². The molecule has 0 bridgehead atoms. The number of amides is 2. The molecule has 4 rings (SSSR count). The number of carboxylic acids is 2. The van der Waals surface area contributed by atoms with Gasteiger partial charge in [0.2, 0.25) is 5.91 Å². The van der Waals surface area contributed by atoms with Gasteiger partial charge in [-0.2, -0.15) is 13.2 Å². The Hall–Kier alpha value is -3.52. The van der Waals surface area contributed by atoms with Gasteiger partial charge < -0.3 is 26.0 Å². The summed E-state index contributed by atoms with van der Waals surface area (Å²) >= 11 is 1.39. The Balaban J connectivity index is 0.000000406. The van der Waals surface area contributed by atoms with Crippen LogP contribution in [0.5, 0.6) is 5.75 Å². The number of carboxylic acid groups (broad SMARTS) is 2. The highest BCUT2D eigenvalue weighted by atomic mass is 32.2. The highest BCUT2D eigenvalue weighted by molar-refractivity contribution is 8.00. The fourth-order valence-corrected chi connectivity index (χ4v) is 4.78. The van der Waals surface area contributed by atoms with E-state index in [0.717, 1.165) is 0 Å². The van der Waals surface area contributed by atoms with E-state index >= 15 is 0 Å². The first-order chi connectivity index (χ1) is 15.8. The number of hydrogen-bond donors (Lipinski definition) is 4. The number of nitrogens with two attached hydrogens (primary N) is 1. The zero-order valence-electron chi connectivity index (χ0n) is 17.2. The van der Waals surface area contributed by atoms with Gasteiger partial charge in [-0.15, -0.1) is 11.8 Å². The summed E-state index contributed by atoms with van der Waals surface area (Å²) in [5.74, 6) is -4.31. The number of halogens is 3. The van der Waals surface area contributed by atoms with E-state index in [4.69, 9.17) is 15.6 Å². The van der Waals surface area contributed by atoms with E-state index in [1.165, 1.54) is 27.6 Å². The standard InChI is InChI=1S/C18H17N3O5S.C2HF3O2/c19-13-16(24)21-14(18(25)26)10(8-27-17(13)21)7-9-5-6-20(15(9)23)11-3-1-2-4-12(11)22;3-2(4,5)1(6)7/h1-4,7,13,17,22H,5-6,8,19H2,(H,25,26);(H,6,7)/b9-7+;/t13-,17-;/m1./s1. The minimum Gasteiger partial charge on any atom is -0.506 e. The van der Waals surface area contributed by atoms with Gasteiger partial charge in [-0.1, -0.05) is 12.1 Å². The number of hydrogen-bond acceptors (Lipinski definition) is 7. The number of β-lactam (4-membered cyclic amide) rings is 1. The molecule has 182 valence electrons. The third kappa shape index (κ3) is 4.72. The SMILES string of the molecule is N[C@@H]1C(=O)N2C(C(=O)O)=C(/C=C3\CCN(c4ccccc4O)C3=O)CS[C@H]12.O=C(O)C(F)(F)F. The molecule has 1 aromatic carbocycles. The van der Waals surface area contributed by atoms with Crippen LogP contribution < -0.4 is 10.6 Å². The van der Waals surface area contributed by atoms with Gasteiger partial charge in [0.1, 0.15) is 22.9 Å². The predicted molar refractivity (Wildman–Crippen MR) is 113 cm³/mol. The Morgan fingerprint density at radius 3 is 2.35 bits per heavy atom. The second-order valence-corrected chi connectivity index (χ2v) is 8.39. The fraction of sp³-hybridized carbons (Fsp3) is 0.300. The molecule has 2 atom stereocenters. The highest BCUT2D eigenvalue weighted by Gasteiger charge is 2.51. The summed E-state index contributed by atoms with van der Waals surface area (Å²) in [6.07, 6.45) is -3.10. The quantitative estimate of drug-likeness (QED) is 0.353. The van der Waals surface area contributed by atoms with Gasteiger partial charge in [0.15, 0.2) is 0 Å². The second kappa shape index (κ2) is 9.38. The molecular formula is C20H18F3N3O7S. The number of fused-ring (bicyclic) bond motifs is 1. The maximum absolute atomic E-state index is 12.8. The maximum atomic E-state index is 12.8. The van der Waals surface area contributed by atoms with Gasteiger partial charge in [0.05, 0.1) is 5.69 Å². The summed E-state index contributed by atoms with van der Waals surface area (Å²) in [5.41, 5.74) is 6.92. The lowest BCUT2D eigenvalue weighted by Crippen LogP contribution is -2.68. The van der Waals surface area contributed by atoms with Crippen LogP contribution in [-0.4, -0.2) is 73.9 Å². The number of anilines is 1. The maximum Gasteiger partial charge on any atom is 0.490 e. The van der Waals surface area contributed by atoms with E-state index in [2.05, 4.69) is 0 Å². The molecule has 0 radical (unpaired) electrons. The van der Waals surface area contributed by atoms with Crippen LogP contribution in [0, 0.1) is 0 Å². The molecule has 5 N–H and O–H groups in total. The van der Waals surface area contributed by atoms with Crippen molar-refractivity contribution >= 4 is 41.2 Å². The normalized spacial score (nSPS) is 23.4. The molecule has 2 saturated heterocycles. The molecule has 2 fully saturated rings. The van der Waals surface area contributed by atoms with Crippen LogP contribution in [-0.2, 0) is 19.2 Å². The number of carbonyl (C=O) groups excluding carboxylic acids is 2. The topological polar surface area (TPSA) is 161 Å². The summed E-state index contributed by atoms with van der Waals surface area (Å²) < 4.78 is 31.7. The first kappa shape index (κ1) is 25.1. The van der Waals surface area contributed by atoms with Crippen molar-refractivity contribution in [3.8, 4) is 5.75 Å². The van der Waals surface area contributed by atoms with Gasteiger partial charge in [-0.05, 0) is 30.2 Å². The molecule has 10 nitrogen and oxygen atoms in total. The number of aromatic hydroxyl groups is 1. The van der Waals surface area contributed by atoms with Crippen LogP contribution in [0.4, 0.5) is 18.9 Å². The number of carbonyl (C=O) groups is 4. The Morgan fingerprint density at radius 2 is 1.79 bits per heavy atom. The number of aliphatic carboxylic acids is 2. The molecule has 3 heterocycles. The number of para-hydroxylation sites is 2.